The van der Waals surface area contributed by atoms with Gasteiger partial charge in [-0.1, -0.05) is 36.4 Å². The van der Waals surface area contributed by atoms with Crippen LogP contribution in [0.15, 0.2) is 63.8 Å². The predicted molar refractivity (Wildman–Crippen MR) is 85.3 cm³/mol. The minimum Gasteiger partial charge on any atom is -0.422 e. The second-order valence-electron chi connectivity index (χ2n) is 5.28. The van der Waals surface area contributed by atoms with Crippen LogP contribution in [0.3, 0.4) is 0 Å². The number of benzene rings is 2. The van der Waals surface area contributed by atoms with Crippen LogP contribution >= 0.6 is 7.37 Å². The van der Waals surface area contributed by atoms with Gasteiger partial charge in [0.25, 0.3) is 7.37 Å². The molecule has 5 heteroatoms. The molecule has 2 aromatic carbocycles. The first-order chi connectivity index (χ1) is 10.6. The normalized spacial score (nSPS) is 23.6. The monoisotopic (exact) mass is 312 g/mol. The van der Waals surface area contributed by atoms with E-state index in [4.69, 9.17) is 8.94 Å². The van der Waals surface area contributed by atoms with Crippen LogP contribution in [0.4, 0.5) is 0 Å². The van der Waals surface area contributed by atoms with Crippen molar-refractivity contribution in [3.63, 3.8) is 0 Å². The molecule has 0 aliphatic carbocycles. The third-order valence-electron chi connectivity index (χ3n) is 3.92. The van der Waals surface area contributed by atoms with Gasteiger partial charge in [-0.05, 0) is 25.1 Å². The molecule has 0 bridgehead atoms. The van der Waals surface area contributed by atoms with Gasteiger partial charge < -0.3 is 8.94 Å². The topological polar surface area (TPSA) is 56.5 Å². The van der Waals surface area contributed by atoms with Crippen molar-refractivity contribution in [2.24, 2.45) is 0 Å². The van der Waals surface area contributed by atoms with Crippen LogP contribution in [-0.2, 0) is 9.09 Å². The molecular weight excluding hydrogens is 299 g/mol. The molecule has 2 atom stereocenters. The predicted octanol–water partition coefficient (Wildman–Crippen LogP) is 3.11. The molecule has 3 aromatic rings. The number of rotatable bonds is 1. The Balaban J connectivity index is 2.16. The fourth-order valence-corrected chi connectivity index (χ4v) is 5.66. The standard InChI is InChI=1S/C17H13O4P/c1-11-15-16(13-9-5-6-10-14(13)20-17(15)18)22(19,21-11)12-7-3-2-4-8-12/h2-11H,1H3/t11-,22?/m1/s1. The molecule has 0 fully saturated rings. The lowest BCUT2D eigenvalue weighted by Crippen LogP contribution is -2.21. The average Bonchev–Trinajstić information content (AvgIpc) is 2.82. The summed E-state index contributed by atoms with van der Waals surface area (Å²) in [5.74, 6) is 0. The molecule has 0 spiro atoms. The van der Waals surface area contributed by atoms with Crippen molar-refractivity contribution in [3.8, 4) is 0 Å². The molecule has 1 aliphatic rings. The second-order valence-corrected chi connectivity index (χ2v) is 7.56. The van der Waals surface area contributed by atoms with E-state index in [1.54, 1.807) is 31.2 Å². The van der Waals surface area contributed by atoms with Crippen LogP contribution in [0.2, 0.25) is 0 Å². The Morgan fingerprint density at radius 1 is 1.00 bits per heavy atom. The zero-order chi connectivity index (χ0) is 15.3. The summed E-state index contributed by atoms with van der Waals surface area (Å²) in [7, 11) is -3.30. The molecule has 4 nitrogen and oxygen atoms in total. The molecule has 1 unspecified atom stereocenters. The quantitative estimate of drug-likeness (QED) is 0.512. The Morgan fingerprint density at radius 2 is 1.68 bits per heavy atom. The maximum atomic E-state index is 13.6. The zero-order valence-electron chi connectivity index (χ0n) is 11.9. The van der Waals surface area contributed by atoms with Gasteiger partial charge in [-0.25, -0.2) is 4.79 Å². The fraction of sp³-hybridized carbons (Fsp3) is 0.118. The van der Waals surface area contributed by atoms with Crippen molar-refractivity contribution in [1.82, 2.24) is 0 Å². The third-order valence-corrected chi connectivity index (χ3v) is 6.59. The van der Waals surface area contributed by atoms with Gasteiger partial charge in [-0.3, -0.25) is 4.57 Å². The molecule has 2 heterocycles. The van der Waals surface area contributed by atoms with E-state index >= 15 is 0 Å². The van der Waals surface area contributed by atoms with Crippen molar-refractivity contribution in [2.75, 3.05) is 0 Å². The summed E-state index contributed by atoms with van der Waals surface area (Å²) in [5.41, 5.74) is 0.320. The highest BCUT2D eigenvalue weighted by molar-refractivity contribution is 7.75. The molecule has 110 valence electrons. The first kappa shape index (κ1) is 13.5. The molecular formula is C17H13O4P. The Bertz CT molecular complexity index is 975. The van der Waals surface area contributed by atoms with Gasteiger partial charge >= 0.3 is 5.63 Å². The highest BCUT2D eigenvalue weighted by Crippen LogP contribution is 2.55. The Morgan fingerprint density at radius 3 is 2.45 bits per heavy atom. The van der Waals surface area contributed by atoms with Gasteiger partial charge in [-0.2, -0.15) is 0 Å². The third kappa shape index (κ3) is 1.75. The zero-order valence-corrected chi connectivity index (χ0v) is 12.7. The van der Waals surface area contributed by atoms with Gasteiger partial charge in [-0.15, -0.1) is 0 Å². The first-order valence-corrected chi connectivity index (χ1v) is 8.64. The number of fused-ring (bicyclic) bond motifs is 3. The van der Waals surface area contributed by atoms with Crippen LogP contribution in [-0.4, -0.2) is 0 Å². The van der Waals surface area contributed by atoms with Crippen molar-refractivity contribution in [3.05, 3.63) is 70.6 Å². The second kappa shape index (κ2) is 4.67. The Labute approximate surface area is 126 Å². The van der Waals surface area contributed by atoms with Gasteiger partial charge in [0.2, 0.25) is 0 Å². The molecule has 4 rings (SSSR count). The Kier molecular flexibility index (Phi) is 2.86. The van der Waals surface area contributed by atoms with E-state index < -0.39 is 19.1 Å². The SMILES string of the molecule is C[C@H]1OP(=O)(c2ccccc2)c2c1c(=O)oc1ccccc21. The summed E-state index contributed by atoms with van der Waals surface area (Å²) in [6.45, 7) is 1.73. The molecule has 0 radical (unpaired) electrons. The molecule has 1 aliphatic heterocycles. The van der Waals surface area contributed by atoms with Crippen molar-refractivity contribution in [1.29, 1.82) is 0 Å². The average molecular weight is 312 g/mol. The summed E-state index contributed by atoms with van der Waals surface area (Å²) in [6.07, 6.45) is -0.554. The van der Waals surface area contributed by atoms with Crippen LogP contribution in [0.1, 0.15) is 18.6 Å². The fourth-order valence-electron chi connectivity index (χ4n) is 2.97. The summed E-state index contributed by atoms with van der Waals surface area (Å²) in [6, 6.07) is 16.2. The van der Waals surface area contributed by atoms with E-state index in [1.807, 2.05) is 30.3 Å². The molecule has 0 amide bonds. The Hall–Kier alpha value is -2.16. The minimum absolute atomic E-state index is 0.367. The van der Waals surface area contributed by atoms with Gasteiger partial charge in [0.15, 0.2) is 0 Å². The van der Waals surface area contributed by atoms with Gasteiger partial charge in [0, 0.05) is 10.7 Å². The number of hydrogen-bond donors (Lipinski definition) is 0. The van der Waals surface area contributed by atoms with Crippen LogP contribution < -0.4 is 16.2 Å². The van der Waals surface area contributed by atoms with Crippen molar-refractivity contribution >= 4 is 28.9 Å². The molecule has 0 saturated carbocycles. The van der Waals surface area contributed by atoms with E-state index in [0.29, 0.717) is 27.1 Å². The van der Waals surface area contributed by atoms with E-state index in [9.17, 15) is 9.36 Å². The molecule has 22 heavy (non-hydrogen) atoms. The highest BCUT2D eigenvalue weighted by atomic mass is 31.2. The molecule has 0 saturated heterocycles. The number of hydrogen-bond acceptors (Lipinski definition) is 4. The maximum Gasteiger partial charge on any atom is 0.342 e. The summed E-state index contributed by atoms with van der Waals surface area (Å²) in [4.78, 5) is 12.3. The van der Waals surface area contributed by atoms with E-state index in [0.717, 1.165) is 0 Å². The van der Waals surface area contributed by atoms with Crippen molar-refractivity contribution in [2.45, 2.75) is 13.0 Å². The van der Waals surface area contributed by atoms with E-state index in [1.165, 1.54) is 0 Å². The summed E-state index contributed by atoms with van der Waals surface area (Å²) in [5, 5.41) is 1.75. The highest BCUT2D eigenvalue weighted by Gasteiger charge is 2.44. The largest absolute Gasteiger partial charge is 0.422 e. The van der Waals surface area contributed by atoms with Crippen LogP contribution in [0, 0.1) is 0 Å². The molecule has 1 aromatic heterocycles. The van der Waals surface area contributed by atoms with Crippen molar-refractivity contribution < 1.29 is 13.5 Å². The van der Waals surface area contributed by atoms with Gasteiger partial charge in [0.1, 0.15) is 5.58 Å². The smallest absolute Gasteiger partial charge is 0.342 e. The maximum absolute atomic E-state index is 13.6. The van der Waals surface area contributed by atoms with Crippen LogP contribution in [0.5, 0.6) is 0 Å². The lowest BCUT2D eigenvalue weighted by molar-refractivity contribution is 0.248. The van der Waals surface area contributed by atoms with E-state index in [-0.39, 0.29) is 0 Å². The molecule has 0 N–H and O–H groups in total. The number of para-hydroxylation sites is 1. The van der Waals surface area contributed by atoms with Gasteiger partial charge in [0.05, 0.1) is 17.0 Å². The summed E-state index contributed by atoms with van der Waals surface area (Å²) >= 11 is 0. The first-order valence-electron chi connectivity index (χ1n) is 7.01. The van der Waals surface area contributed by atoms with E-state index in [2.05, 4.69) is 0 Å². The lowest BCUT2D eigenvalue weighted by Gasteiger charge is -2.14. The summed E-state index contributed by atoms with van der Waals surface area (Å²) < 4.78 is 24.7. The lowest BCUT2D eigenvalue weighted by atomic mass is 10.1. The minimum atomic E-state index is -3.30. The van der Waals surface area contributed by atoms with Crippen LogP contribution in [0.25, 0.3) is 11.0 Å².